The number of rotatable bonds is 5. The molecule has 29 heavy (non-hydrogen) atoms. The highest BCUT2D eigenvalue weighted by Gasteiger charge is 2.26. The number of phenols is 2. The summed E-state index contributed by atoms with van der Waals surface area (Å²) in [6.45, 7) is 7.12. The van der Waals surface area contributed by atoms with Gasteiger partial charge in [-0.2, -0.15) is 0 Å². The Hall–Kier alpha value is -2.91. The second kappa shape index (κ2) is 7.84. The van der Waals surface area contributed by atoms with Gasteiger partial charge in [0.2, 0.25) is 9.84 Å². The summed E-state index contributed by atoms with van der Waals surface area (Å²) < 4.78 is 31.0. The molecule has 0 aromatic heterocycles. The number of nitrogens with two attached hydrogens (primary N) is 2. The minimum absolute atomic E-state index is 0.00654. The van der Waals surface area contributed by atoms with Gasteiger partial charge in [0.25, 0.3) is 0 Å². The number of hydrogen-bond acceptors (Lipinski definition) is 8. The number of benzene rings is 2. The fourth-order valence-corrected chi connectivity index (χ4v) is 4.01. The number of ether oxygens (including phenoxy) is 1. The third-order valence-corrected chi connectivity index (χ3v) is 6.29. The van der Waals surface area contributed by atoms with Gasteiger partial charge in [0.15, 0.2) is 5.03 Å². The fourth-order valence-electron chi connectivity index (χ4n) is 2.76. The van der Waals surface area contributed by atoms with Gasteiger partial charge in [-0.3, -0.25) is 5.01 Å². The zero-order chi connectivity index (χ0) is 22.1. The van der Waals surface area contributed by atoms with Gasteiger partial charge >= 0.3 is 0 Å². The maximum atomic E-state index is 13.0. The molecule has 0 saturated carbocycles. The lowest BCUT2D eigenvalue weighted by Gasteiger charge is -2.23. The summed E-state index contributed by atoms with van der Waals surface area (Å²) in [5, 5.41) is 20.8. The highest BCUT2D eigenvalue weighted by Crippen LogP contribution is 2.35. The Bertz CT molecular complexity index is 1060. The van der Waals surface area contributed by atoms with Crippen molar-refractivity contribution in [3.05, 3.63) is 52.7 Å². The molecule has 0 unspecified atom stereocenters. The molecule has 0 radical (unpaired) electrons. The molecule has 9 heteroatoms. The topological polar surface area (TPSA) is 139 Å². The van der Waals surface area contributed by atoms with Crippen LogP contribution in [0.25, 0.3) is 0 Å². The van der Waals surface area contributed by atoms with Crippen molar-refractivity contribution in [3.8, 4) is 17.2 Å². The predicted octanol–water partition coefficient (Wildman–Crippen LogP) is 2.71. The molecule has 0 aliphatic heterocycles. The molecule has 2 aromatic rings. The van der Waals surface area contributed by atoms with Crippen molar-refractivity contribution in [2.24, 2.45) is 11.6 Å². The summed E-state index contributed by atoms with van der Waals surface area (Å²) in [6, 6.07) is 8.46. The molecule has 0 spiro atoms. The molecule has 0 heterocycles. The van der Waals surface area contributed by atoms with E-state index in [-0.39, 0.29) is 33.2 Å². The van der Waals surface area contributed by atoms with Crippen LogP contribution in [0.2, 0.25) is 0 Å². The molecule has 0 saturated heterocycles. The third kappa shape index (κ3) is 4.41. The Morgan fingerprint density at radius 1 is 1.07 bits per heavy atom. The average Bonchev–Trinajstić information content (AvgIpc) is 2.65. The molecular formula is C20H27N3O5S. The second-order valence-corrected chi connectivity index (χ2v) is 9.52. The lowest BCUT2D eigenvalue weighted by molar-refractivity contribution is 0.412. The fraction of sp³-hybridized carbons (Fsp3) is 0.300. The van der Waals surface area contributed by atoms with Crippen LogP contribution in [0, 0.1) is 0 Å². The lowest BCUT2D eigenvalue weighted by atomic mass is 9.86. The van der Waals surface area contributed by atoms with Gasteiger partial charge in [-0.05, 0) is 42.2 Å². The Kier molecular flexibility index (Phi) is 6.05. The number of sulfone groups is 1. The average molecular weight is 422 g/mol. The van der Waals surface area contributed by atoms with Crippen molar-refractivity contribution >= 4 is 15.5 Å². The molecule has 158 valence electrons. The first-order chi connectivity index (χ1) is 13.3. The number of anilines is 1. The molecule has 6 N–H and O–H groups in total. The smallest absolute Gasteiger partial charge is 0.223 e. The summed E-state index contributed by atoms with van der Waals surface area (Å²) in [6.07, 6.45) is 0. The molecule has 0 aliphatic rings. The van der Waals surface area contributed by atoms with Crippen LogP contribution in [0.15, 0.2) is 52.0 Å². The Balaban J connectivity index is 2.52. The first-order valence-corrected chi connectivity index (χ1v) is 10.3. The molecule has 0 amide bonds. The number of methoxy groups -OCH3 is 1. The first-order valence-electron chi connectivity index (χ1n) is 8.77. The Morgan fingerprint density at radius 2 is 1.69 bits per heavy atom. The van der Waals surface area contributed by atoms with Crippen LogP contribution in [-0.2, 0) is 15.3 Å². The van der Waals surface area contributed by atoms with Crippen LogP contribution in [-0.4, -0.2) is 25.7 Å². The largest absolute Gasteiger partial charge is 0.508 e. The van der Waals surface area contributed by atoms with E-state index in [1.54, 1.807) is 6.07 Å². The van der Waals surface area contributed by atoms with Gasteiger partial charge in [0.05, 0.1) is 17.7 Å². The van der Waals surface area contributed by atoms with E-state index in [1.807, 2.05) is 20.8 Å². The molecular weight excluding hydrogens is 394 g/mol. The maximum absolute atomic E-state index is 13.0. The van der Waals surface area contributed by atoms with Crippen LogP contribution in [0.4, 0.5) is 5.69 Å². The Morgan fingerprint density at radius 3 is 2.21 bits per heavy atom. The second-order valence-electron chi connectivity index (χ2n) is 7.61. The number of phenolic OH excluding ortho intramolecular Hbond substituents is 2. The zero-order valence-corrected chi connectivity index (χ0v) is 17.9. The van der Waals surface area contributed by atoms with Crippen molar-refractivity contribution < 1.29 is 23.4 Å². The molecule has 2 rings (SSSR count). The summed E-state index contributed by atoms with van der Waals surface area (Å²) in [7, 11) is -2.69. The van der Waals surface area contributed by atoms with Crippen LogP contribution in [0.1, 0.15) is 33.3 Å². The van der Waals surface area contributed by atoms with E-state index in [9.17, 15) is 18.6 Å². The number of allylic oxidation sites excluding steroid dienone is 1. The van der Waals surface area contributed by atoms with Crippen LogP contribution < -0.4 is 21.3 Å². The van der Waals surface area contributed by atoms with Gasteiger partial charge in [-0.15, -0.1) is 0 Å². The molecule has 8 nitrogen and oxygen atoms in total. The van der Waals surface area contributed by atoms with E-state index in [2.05, 4.69) is 0 Å². The monoisotopic (exact) mass is 421 g/mol. The number of hydrogen-bond donors (Lipinski definition) is 4. The van der Waals surface area contributed by atoms with E-state index >= 15 is 0 Å². The van der Waals surface area contributed by atoms with Gasteiger partial charge in [-0.1, -0.05) is 26.8 Å². The van der Waals surface area contributed by atoms with Crippen molar-refractivity contribution in [2.75, 3.05) is 12.1 Å². The number of aromatic hydroxyl groups is 2. The maximum Gasteiger partial charge on any atom is 0.223 e. The highest BCUT2D eigenvalue weighted by molar-refractivity contribution is 7.95. The van der Waals surface area contributed by atoms with Crippen LogP contribution in [0.3, 0.4) is 0 Å². The van der Waals surface area contributed by atoms with E-state index in [4.69, 9.17) is 16.3 Å². The SMILES string of the molecule is COc1ccc(O)c(N(N)/C(C)=C(\N)S(=O)(=O)c2ccc(C(C)(C)C)c(O)c2)c1. The zero-order valence-electron chi connectivity index (χ0n) is 17.1. The van der Waals surface area contributed by atoms with Crippen molar-refractivity contribution in [2.45, 2.75) is 38.0 Å². The quantitative estimate of drug-likeness (QED) is 0.427. The van der Waals surface area contributed by atoms with Crippen molar-refractivity contribution in [1.82, 2.24) is 0 Å². The third-order valence-electron chi connectivity index (χ3n) is 4.54. The standard InChI is InChI=1S/C20H27N3O5S/c1-12(23(22)16-10-13(28-5)6-9-17(16)24)19(21)29(26,27)14-7-8-15(18(25)11-14)20(2,3)4/h6-11,24-25H,21-22H2,1-5H3/b19-12+. The molecule has 0 atom stereocenters. The molecule has 0 bridgehead atoms. The van der Waals surface area contributed by atoms with Crippen molar-refractivity contribution in [1.29, 1.82) is 0 Å². The van der Waals surface area contributed by atoms with Crippen LogP contribution in [0.5, 0.6) is 17.2 Å². The van der Waals surface area contributed by atoms with Gasteiger partial charge in [0.1, 0.15) is 22.9 Å². The number of nitrogens with zero attached hydrogens (tertiary/aromatic N) is 1. The molecule has 0 aliphatic carbocycles. The first kappa shape index (κ1) is 22.4. The molecule has 2 aromatic carbocycles. The summed E-state index contributed by atoms with van der Waals surface area (Å²) >= 11 is 0. The van der Waals surface area contributed by atoms with E-state index < -0.39 is 14.9 Å². The lowest BCUT2D eigenvalue weighted by Crippen LogP contribution is -2.32. The summed E-state index contributed by atoms with van der Waals surface area (Å²) in [5.74, 6) is 6.12. The highest BCUT2D eigenvalue weighted by atomic mass is 32.2. The minimum atomic E-state index is -4.14. The van der Waals surface area contributed by atoms with E-state index in [0.29, 0.717) is 11.3 Å². The normalized spacial score (nSPS) is 13.0. The minimum Gasteiger partial charge on any atom is -0.508 e. The van der Waals surface area contributed by atoms with Gasteiger partial charge in [-0.25, -0.2) is 14.3 Å². The number of hydrazine groups is 1. The van der Waals surface area contributed by atoms with E-state index in [1.165, 1.54) is 44.4 Å². The predicted molar refractivity (Wildman–Crippen MR) is 112 cm³/mol. The van der Waals surface area contributed by atoms with Gasteiger partial charge in [0, 0.05) is 6.07 Å². The van der Waals surface area contributed by atoms with E-state index in [0.717, 1.165) is 5.01 Å². The van der Waals surface area contributed by atoms with Gasteiger partial charge < -0.3 is 20.7 Å². The summed E-state index contributed by atoms with van der Waals surface area (Å²) in [4.78, 5) is -0.164. The van der Waals surface area contributed by atoms with Crippen molar-refractivity contribution in [3.63, 3.8) is 0 Å². The van der Waals surface area contributed by atoms with Crippen LogP contribution >= 0.6 is 0 Å². The summed E-state index contributed by atoms with van der Waals surface area (Å²) in [5.41, 5.74) is 6.29. The Labute approximate surface area is 170 Å². The molecule has 0 fully saturated rings.